The van der Waals surface area contributed by atoms with Crippen molar-refractivity contribution >= 4 is 58.7 Å². The van der Waals surface area contributed by atoms with Crippen LogP contribution in [0.4, 0.5) is 5.69 Å². The summed E-state index contributed by atoms with van der Waals surface area (Å²) in [6, 6.07) is 15.0. The maximum Gasteiger partial charge on any atom is 0.265 e. The first-order valence-electron chi connectivity index (χ1n) is 10.5. The van der Waals surface area contributed by atoms with Gasteiger partial charge in [0.2, 0.25) is 5.91 Å². The number of nitrogens with one attached hydrogen (secondary N) is 1. The van der Waals surface area contributed by atoms with E-state index in [0.717, 1.165) is 28.3 Å². The van der Waals surface area contributed by atoms with E-state index in [2.05, 4.69) is 12.2 Å². The zero-order valence-corrected chi connectivity index (χ0v) is 20.0. The molecular weight excluding hydrogens is 448 g/mol. The number of fused-ring (bicyclic) bond motifs is 1. The number of hydrogen-bond acceptors (Lipinski definition) is 4. The van der Waals surface area contributed by atoms with Crippen LogP contribution in [0.3, 0.4) is 0 Å². The molecule has 1 aliphatic rings. The van der Waals surface area contributed by atoms with Gasteiger partial charge in [-0.25, -0.2) is 0 Å². The molecule has 164 valence electrons. The van der Waals surface area contributed by atoms with E-state index >= 15 is 0 Å². The standard InChI is InChI=1S/C24H27ClN2O2S2/c1-2-3-14-30-15-6-13-26-23(28)17-27-20-7-4-5-8-21(20)31-22(24(27)29)16-18-9-11-19(25)12-10-18/h4-5,7-12,16H,2-3,6,13-15,17H2,1H3,(H,26,28). The Hall–Kier alpha value is -1.89. The number of unbranched alkanes of at least 4 members (excludes halogenated alkanes) is 1. The van der Waals surface area contributed by atoms with Crippen molar-refractivity contribution in [3.05, 3.63) is 64.0 Å². The van der Waals surface area contributed by atoms with Crippen molar-refractivity contribution in [1.29, 1.82) is 0 Å². The van der Waals surface area contributed by atoms with Gasteiger partial charge in [-0.05, 0) is 60.3 Å². The molecule has 0 aromatic heterocycles. The topological polar surface area (TPSA) is 49.4 Å². The van der Waals surface area contributed by atoms with Gasteiger partial charge in [-0.15, -0.1) is 0 Å². The number of para-hydroxylation sites is 1. The molecule has 2 amide bonds. The highest BCUT2D eigenvalue weighted by molar-refractivity contribution is 8.04. The molecule has 0 atom stereocenters. The second-order valence-electron chi connectivity index (χ2n) is 7.19. The molecule has 0 bridgehead atoms. The Morgan fingerprint density at radius 2 is 1.87 bits per heavy atom. The number of anilines is 1. The summed E-state index contributed by atoms with van der Waals surface area (Å²) in [6.07, 6.45) is 5.22. The van der Waals surface area contributed by atoms with Crippen LogP contribution in [0.5, 0.6) is 0 Å². The zero-order valence-electron chi connectivity index (χ0n) is 17.6. The van der Waals surface area contributed by atoms with Crippen LogP contribution in [-0.4, -0.2) is 36.4 Å². The van der Waals surface area contributed by atoms with Crippen LogP contribution in [0.2, 0.25) is 5.02 Å². The minimum Gasteiger partial charge on any atom is -0.355 e. The second kappa shape index (κ2) is 12.2. The number of rotatable bonds is 10. The van der Waals surface area contributed by atoms with Gasteiger partial charge in [0.1, 0.15) is 6.54 Å². The lowest BCUT2D eigenvalue weighted by Gasteiger charge is -2.29. The third kappa shape index (κ3) is 7.06. The van der Waals surface area contributed by atoms with Crippen molar-refractivity contribution in [1.82, 2.24) is 5.32 Å². The number of nitrogens with zero attached hydrogens (tertiary/aromatic N) is 1. The minimum atomic E-state index is -0.163. The van der Waals surface area contributed by atoms with E-state index in [9.17, 15) is 9.59 Å². The molecule has 1 N–H and O–H groups in total. The predicted octanol–water partition coefficient (Wildman–Crippen LogP) is 5.86. The minimum absolute atomic E-state index is 0.0113. The summed E-state index contributed by atoms with van der Waals surface area (Å²) >= 11 is 9.32. The lowest BCUT2D eigenvalue weighted by molar-refractivity contribution is -0.122. The first-order valence-corrected chi connectivity index (χ1v) is 12.8. The predicted molar refractivity (Wildman–Crippen MR) is 134 cm³/mol. The van der Waals surface area contributed by atoms with Crippen LogP contribution in [0.15, 0.2) is 58.3 Å². The lowest BCUT2D eigenvalue weighted by atomic mass is 10.2. The van der Waals surface area contributed by atoms with Crippen LogP contribution in [0.1, 0.15) is 31.7 Å². The summed E-state index contributed by atoms with van der Waals surface area (Å²) in [4.78, 5) is 28.9. The summed E-state index contributed by atoms with van der Waals surface area (Å²) in [5.74, 6) is 1.91. The van der Waals surface area contributed by atoms with Crippen LogP contribution in [0.25, 0.3) is 6.08 Å². The van der Waals surface area contributed by atoms with Gasteiger partial charge >= 0.3 is 0 Å². The number of benzene rings is 2. The van der Waals surface area contributed by atoms with Gasteiger partial charge in [0, 0.05) is 16.5 Å². The van der Waals surface area contributed by atoms with Crippen molar-refractivity contribution in [3.63, 3.8) is 0 Å². The van der Waals surface area contributed by atoms with Gasteiger partial charge < -0.3 is 5.32 Å². The number of carbonyl (C=O) groups is 2. The van der Waals surface area contributed by atoms with Crippen LogP contribution < -0.4 is 10.2 Å². The number of thioether (sulfide) groups is 2. The fraction of sp³-hybridized carbons (Fsp3) is 0.333. The number of amides is 2. The summed E-state index contributed by atoms with van der Waals surface area (Å²) in [5.41, 5.74) is 1.67. The van der Waals surface area contributed by atoms with Gasteiger partial charge in [0.25, 0.3) is 5.91 Å². The molecule has 2 aromatic carbocycles. The molecule has 0 unspecified atom stereocenters. The molecule has 2 aromatic rings. The van der Waals surface area contributed by atoms with Gasteiger partial charge in [0.05, 0.1) is 10.6 Å². The molecule has 0 spiro atoms. The summed E-state index contributed by atoms with van der Waals surface area (Å²) in [5, 5.41) is 3.61. The zero-order chi connectivity index (χ0) is 22.1. The Morgan fingerprint density at radius 1 is 1.13 bits per heavy atom. The molecule has 0 aliphatic carbocycles. The second-order valence-corrected chi connectivity index (χ2v) is 9.94. The SMILES string of the molecule is CCCCSCCCNC(=O)CN1C(=O)C(=Cc2ccc(Cl)cc2)Sc2ccccc21. The quantitative estimate of drug-likeness (QED) is 0.346. The van der Waals surface area contributed by atoms with Crippen molar-refractivity contribution < 1.29 is 9.59 Å². The molecule has 0 saturated heterocycles. The van der Waals surface area contributed by atoms with E-state index in [4.69, 9.17) is 11.6 Å². The van der Waals surface area contributed by atoms with Crippen LogP contribution in [-0.2, 0) is 9.59 Å². The Morgan fingerprint density at radius 3 is 2.65 bits per heavy atom. The summed E-state index contributed by atoms with van der Waals surface area (Å²) in [7, 11) is 0. The van der Waals surface area contributed by atoms with E-state index in [0.29, 0.717) is 16.5 Å². The normalized spacial score (nSPS) is 14.6. The molecule has 3 rings (SSSR count). The molecule has 0 fully saturated rings. The number of carbonyl (C=O) groups excluding carboxylic acids is 2. The molecular formula is C24H27ClN2O2S2. The Labute approximate surface area is 197 Å². The van der Waals surface area contributed by atoms with E-state index < -0.39 is 0 Å². The van der Waals surface area contributed by atoms with Crippen molar-refractivity contribution in [3.8, 4) is 0 Å². The molecule has 7 heteroatoms. The highest BCUT2D eigenvalue weighted by Gasteiger charge is 2.30. The summed E-state index contributed by atoms with van der Waals surface area (Å²) in [6.45, 7) is 2.83. The van der Waals surface area contributed by atoms with Crippen molar-refractivity contribution in [2.45, 2.75) is 31.1 Å². The number of hydrogen-bond donors (Lipinski definition) is 1. The molecule has 0 saturated carbocycles. The smallest absolute Gasteiger partial charge is 0.265 e. The average Bonchev–Trinajstić information content (AvgIpc) is 2.77. The Kier molecular flexibility index (Phi) is 9.37. The maximum absolute atomic E-state index is 13.2. The molecule has 1 aliphatic heterocycles. The Bertz CT molecular complexity index is 931. The highest BCUT2D eigenvalue weighted by atomic mass is 35.5. The van der Waals surface area contributed by atoms with Crippen molar-refractivity contribution in [2.75, 3.05) is 29.5 Å². The van der Waals surface area contributed by atoms with Gasteiger partial charge in [-0.2, -0.15) is 11.8 Å². The summed E-state index contributed by atoms with van der Waals surface area (Å²) < 4.78 is 0. The number of halogens is 1. The fourth-order valence-electron chi connectivity index (χ4n) is 3.08. The monoisotopic (exact) mass is 474 g/mol. The molecule has 0 radical (unpaired) electrons. The molecule has 1 heterocycles. The third-order valence-corrected chi connectivity index (χ3v) is 7.22. The fourth-order valence-corrected chi connectivity index (χ4v) is 5.31. The van der Waals surface area contributed by atoms with Gasteiger partial charge in [-0.3, -0.25) is 14.5 Å². The van der Waals surface area contributed by atoms with Gasteiger partial charge in [-0.1, -0.05) is 61.0 Å². The van der Waals surface area contributed by atoms with Crippen LogP contribution >= 0.6 is 35.1 Å². The largest absolute Gasteiger partial charge is 0.355 e. The van der Waals surface area contributed by atoms with E-state index in [1.54, 1.807) is 17.0 Å². The first-order chi connectivity index (χ1) is 15.1. The van der Waals surface area contributed by atoms with E-state index in [1.807, 2.05) is 54.2 Å². The van der Waals surface area contributed by atoms with E-state index in [-0.39, 0.29) is 18.4 Å². The first kappa shape index (κ1) is 23.8. The third-order valence-electron chi connectivity index (χ3n) is 4.73. The van der Waals surface area contributed by atoms with Crippen molar-refractivity contribution in [2.24, 2.45) is 0 Å². The van der Waals surface area contributed by atoms with E-state index in [1.165, 1.54) is 30.4 Å². The molecule has 31 heavy (non-hydrogen) atoms. The molecule has 4 nitrogen and oxygen atoms in total. The average molecular weight is 475 g/mol. The van der Waals surface area contributed by atoms with Crippen LogP contribution in [0, 0.1) is 0 Å². The van der Waals surface area contributed by atoms with Gasteiger partial charge in [0.15, 0.2) is 0 Å². The Balaban J connectivity index is 1.65. The highest BCUT2D eigenvalue weighted by Crippen LogP contribution is 2.41. The lowest BCUT2D eigenvalue weighted by Crippen LogP contribution is -2.43. The maximum atomic E-state index is 13.2.